The average Bonchev–Trinajstić information content (AvgIpc) is 3.05. The van der Waals surface area contributed by atoms with Crippen LogP contribution in [0.15, 0.2) is 97.1 Å². The van der Waals surface area contributed by atoms with Gasteiger partial charge in [0.25, 0.3) is 0 Å². The van der Waals surface area contributed by atoms with Gasteiger partial charge in [0.15, 0.2) is 0 Å². The van der Waals surface area contributed by atoms with Crippen LogP contribution in [0, 0.1) is 0 Å². The van der Waals surface area contributed by atoms with Crippen LogP contribution in [0.1, 0.15) is 119 Å². The highest BCUT2D eigenvalue weighted by atomic mass is 16.6. The highest BCUT2D eigenvalue weighted by Gasteiger charge is 2.39. The van der Waals surface area contributed by atoms with E-state index in [-0.39, 0.29) is 24.4 Å². The number of ether oxygens (including phenoxy) is 4. The van der Waals surface area contributed by atoms with Gasteiger partial charge in [0, 0.05) is 0 Å². The number of carbonyl (C=O) groups is 4. The van der Waals surface area contributed by atoms with Crippen molar-refractivity contribution in [1.29, 1.82) is 0 Å². The zero-order chi connectivity index (χ0) is 35.9. The largest absolute Gasteiger partial charge is 0.459 e. The molecule has 4 rings (SSSR count). The van der Waals surface area contributed by atoms with Gasteiger partial charge < -0.3 is 18.9 Å². The maximum atomic E-state index is 12.8. The summed E-state index contributed by atoms with van der Waals surface area (Å²) in [6.07, 6.45) is -1.13. The van der Waals surface area contributed by atoms with Crippen LogP contribution < -0.4 is 0 Å². The van der Waals surface area contributed by atoms with Crippen molar-refractivity contribution in [2.75, 3.05) is 0 Å². The molecule has 0 aliphatic heterocycles. The van der Waals surface area contributed by atoms with Crippen molar-refractivity contribution in [2.24, 2.45) is 0 Å². The van der Waals surface area contributed by atoms with Crippen molar-refractivity contribution >= 4 is 23.9 Å². The van der Waals surface area contributed by atoms with Gasteiger partial charge in [0.05, 0.1) is 52.1 Å². The second kappa shape index (κ2) is 15.8. The molecule has 0 unspecified atom stereocenters. The predicted octanol–water partition coefficient (Wildman–Crippen LogP) is 8.33. The summed E-state index contributed by atoms with van der Waals surface area (Å²) in [6, 6.07) is 28.6. The SMILES string of the molecule is CC(C)OC(=O)c1ccc(C(c2ccc(C(=O)OC(C)C)cc2)(c2ccc(C(=O)OC(C)C)cc2)c2ccc(C(=O)OC(C)C)cc2)cc1. The minimum absolute atomic E-state index is 0.283. The fraction of sp³-hybridized carbons (Fsp3) is 0.317. The maximum Gasteiger partial charge on any atom is 0.338 e. The second-order valence-corrected chi connectivity index (χ2v) is 12.9. The first kappa shape index (κ1) is 36.6. The van der Waals surface area contributed by atoms with Gasteiger partial charge in [-0.1, -0.05) is 48.5 Å². The van der Waals surface area contributed by atoms with Crippen LogP contribution >= 0.6 is 0 Å². The van der Waals surface area contributed by atoms with Gasteiger partial charge >= 0.3 is 23.9 Å². The number of carbonyl (C=O) groups excluding carboxylic acids is 4. The van der Waals surface area contributed by atoms with Crippen LogP contribution in [0.25, 0.3) is 0 Å². The third kappa shape index (κ3) is 8.62. The molecule has 0 saturated heterocycles. The molecule has 49 heavy (non-hydrogen) atoms. The highest BCUT2D eigenvalue weighted by molar-refractivity contribution is 5.92. The number of hydrogen-bond acceptors (Lipinski definition) is 8. The van der Waals surface area contributed by atoms with E-state index in [1.54, 1.807) is 104 Å². The lowest BCUT2D eigenvalue weighted by atomic mass is 9.65. The Hall–Kier alpha value is -5.24. The van der Waals surface area contributed by atoms with Crippen molar-refractivity contribution in [1.82, 2.24) is 0 Å². The molecule has 8 heteroatoms. The topological polar surface area (TPSA) is 105 Å². The second-order valence-electron chi connectivity index (χ2n) is 12.9. The zero-order valence-corrected chi connectivity index (χ0v) is 29.3. The maximum absolute atomic E-state index is 12.8. The number of hydrogen-bond donors (Lipinski definition) is 0. The molecule has 0 aliphatic carbocycles. The molecule has 256 valence electrons. The van der Waals surface area contributed by atoms with Gasteiger partial charge in [-0.15, -0.1) is 0 Å². The molecule has 0 N–H and O–H groups in total. The van der Waals surface area contributed by atoms with Gasteiger partial charge in [0.1, 0.15) is 0 Å². The fourth-order valence-electron chi connectivity index (χ4n) is 5.55. The van der Waals surface area contributed by atoms with Crippen LogP contribution in [0.3, 0.4) is 0 Å². The van der Waals surface area contributed by atoms with Crippen molar-refractivity contribution in [2.45, 2.75) is 85.2 Å². The molecule has 0 radical (unpaired) electrons. The summed E-state index contributed by atoms with van der Waals surface area (Å²) in [5, 5.41) is 0. The minimum Gasteiger partial charge on any atom is -0.459 e. The lowest BCUT2D eigenvalue weighted by molar-refractivity contribution is 0.0367. The molecule has 0 heterocycles. The number of esters is 4. The summed E-state index contributed by atoms with van der Waals surface area (Å²) in [6.45, 7) is 14.3. The normalized spacial score (nSPS) is 11.5. The first-order chi connectivity index (χ1) is 23.2. The van der Waals surface area contributed by atoms with Gasteiger partial charge in [-0.2, -0.15) is 0 Å². The van der Waals surface area contributed by atoms with Crippen molar-refractivity contribution in [3.63, 3.8) is 0 Å². The molecule has 0 spiro atoms. The third-order valence-electron chi connectivity index (χ3n) is 7.59. The Morgan fingerprint density at radius 1 is 0.347 bits per heavy atom. The smallest absolute Gasteiger partial charge is 0.338 e. The standard InChI is InChI=1S/C41H44O8/c1-25(2)46-37(42)29-9-17-33(18-10-29)41(34-19-11-30(12-20-34)38(43)47-26(3)4,35-21-13-31(14-22-35)39(44)48-27(5)6)36-23-15-32(16-24-36)40(45)49-28(7)8/h9-28H,1-8H3. The Morgan fingerprint density at radius 3 is 0.653 bits per heavy atom. The first-order valence-corrected chi connectivity index (χ1v) is 16.5. The van der Waals surface area contributed by atoms with Gasteiger partial charge in [-0.3, -0.25) is 0 Å². The fourth-order valence-corrected chi connectivity index (χ4v) is 5.55. The molecule has 0 amide bonds. The molecule has 0 aromatic heterocycles. The molecule has 4 aromatic carbocycles. The van der Waals surface area contributed by atoms with Gasteiger partial charge in [0.2, 0.25) is 0 Å². The van der Waals surface area contributed by atoms with Crippen molar-refractivity contribution in [3.05, 3.63) is 142 Å². The molecule has 0 atom stereocenters. The van der Waals surface area contributed by atoms with E-state index in [1.165, 1.54) is 0 Å². The molecule has 0 fully saturated rings. The molecule has 0 saturated carbocycles. The van der Waals surface area contributed by atoms with Crippen LogP contribution in [0.5, 0.6) is 0 Å². The molecule has 4 aromatic rings. The summed E-state index contributed by atoms with van der Waals surface area (Å²) in [5.41, 5.74) is 3.60. The van der Waals surface area contributed by atoms with Crippen molar-refractivity contribution < 1.29 is 38.1 Å². The molecular formula is C41H44O8. The lowest BCUT2D eigenvalue weighted by Crippen LogP contribution is -2.31. The van der Waals surface area contributed by atoms with E-state index in [0.717, 1.165) is 22.3 Å². The predicted molar refractivity (Wildman–Crippen MR) is 187 cm³/mol. The zero-order valence-electron chi connectivity index (χ0n) is 29.3. The van der Waals surface area contributed by atoms with E-state index in [2.05, 4.69) is 0 Å². The quantitative estimate of drug-likeness (QED) is 0.0846. The number of benzene rings is 4. The van der Waals surface area contributed by atoms with Gasteiger partial charge in [-0.05, 0) is 126 Å². The summed E-state index contributed by atoms with van der Waals surface area (Å²) in [7, 11) is 0. The molecule has 0 bridgehead atoms. The number of rotatable bonds is 12. The summed E-state index contributed by atoms with van der Waals surface area (Å²) < 4.78 is 21.7. The monoisotopic (exact) mass is 664 g/mol. The Labute approximate surface area is 288 Å². The van der Waals surface area contributed by atoms with E-state index in [4.69, 9.17) is 18.9 Å². The summed E-state index contributed by atoms with van der Waals surface area (Å²) >= 11 is 0. The molecule has 0 aliphatic rings. The van der Waals surface area contributed by atoms with E-state index in [0.29, 0.717) is 22.3 Å². The summed E-state index contributed by atoms with van der Waals surface area (Å²) in [4.78, 5) is 51.2. The lowest BCUT2D eigenvalue weighted by Gasteiger charge is -2.37. The van der Waals surface area contributed by atoms with E-state index in [9.17, 15) is 19.2 Å². The van der Waals surface area contributed by atoms with Crippen LogP contribution in [-0.2, 0) is 24.4 Å². The molecule has 8 nitrogen and oxygen atoms in total. The Bertz CT molecular complexity index is 1480. The highest BCUT2D eigenvalue weighted by Crippen LogP contribution is 2.45. The molecular weight excluding hydrogens is 620 g/mol. The summed E-state index contributed by atoms with van der Waals surface area (Å²) in [5.74, 6) is -1.77. The Kier molecular flexibility index (Phi) is 11.8. The average molecular weight is 665 g/mol. The minimum atomic E-state index is -1.05. The van der Waals surface area contributed by atoms with E-state index < -0.39 is 29.3 Å². The third-order valence-corrected chi connectivity index (χ3v) is 7.59. The van der Waals surface area contributed by atoms with Crippen molar-refractivity contribution in [3.8, 4) is 0 Å². The van der Waals surface area contributed by atoms with E-state index in [1.807, 2.05) is 48.5 Å². The first-order valence-electron chi connectivity index (χ1n) is 16.5. The van der Waals surface area contributed by atoms with Crippen LogP contribution in [0.2, 0.25) is 0 Å². The van der Waals surface area contributed by atoms with Crippen LogP contribution in [0.4, 0.5) is 0 Å². The Balaban J connectivity index is 1.99. The Morgan fingerprint density at radius 2 is 0.510 bits per heavy atom. The van der Waals surface area contributed by atoms with Gasteiger partial charge in [-0.25, -0.2) is 19.2 Å². The van der Waals surface area contributed by atoms with E-state index >= 15 is 0 Å². The van der Waals surface area contributed by atoms with Crippen LogP contribution in [-0.4, -0.2) is 48.3 Å².